The summed E-state index contributed by atoms with van der Waals surface area (Å²) in [5, 5.41) is 2.93. The fraction of sp³-hybridized carbons (Fsp3) is 0.562. The van der Waals surface area contributed by atoms with Gasteiger partial charge in [-0.05, 0) is 31.9 Å². The van der Waals surface area contributed by atoms with Crippen LogP contribution in [0.15, 0.2) is 18.2 Å². The number of nitrogens with one attached hydrogen (secondary N) is 1. The molecule has 1 saturated heterocycles. The van der Waals surface area contributed by atoms with E-state index in [1.54, 1.807) is 0 Å². The van der Waals surface area contributed by atoms with Gasteiger partial charge in [0.1, 0.15) is 11.6 Å². The Labute approximate surface area is 124 Å². The van der Waals surface area contributed by atoms with Crippen LogP contribution in [-0.2, 0) is 4.79 Å². The van der Waals surface area contributed by atoms with Crippen LogP contribution in [0.4, 0.5) is 8.78 Å². The van der Waals surface area contributed by atoms with Crippen molar-refractivity contribution in [1.29, 1.82) is 0 Å². The lowest BCUT2D eigenvalue weighted by Gasteiger charge is -2.38. The fourth-order valence-corrected chi connectivity index (χ4v) is 3.14. The van der Waals surface area contributed by atoms with E-state index in [0.717, 1.165) is 31.9 Å². The van der Waals surface area contributed by atoms with Gasteiger partial charge in [-0.2, -0.15) is 0 Å². The van der Waals surface area contributed by atoms with Crippen molar-refractivity contribution < 1.29 is 13.6 Å². The van der Waals surface area contributed by atoms with E-state index in [2.05, 4.69) is 10.2 Å². The molecule has 1 aliphatic heterocycles. The maximum Gasteiger partial charge on any atom is 0.217 e. The van der Waals surface area contributed by atoms with Crippen molar-refractivity contribution in [2.24, 2.45) is 0 Å². The van der Waals surface area contributed by atoms with Crippen molar-refractivity contribution >= 4 is 5.91 Å². The highest BCUT2D eigenvalue weighted by molar-refractivity contribution is 5.73. The number of hydrogen-bond acceptors (Lipinski definition) is 2. The molecule has 1 aromatic rings. The maximum atomic E-state index is 14.0. The monoisotopic (exact) mass is 296 g/mol. The third-order valence-electron chi connectivity index (χ3n) is 4.01. The summed E-state index contributed by atoms with van der Waals surface area (Å²) in [7, 11) is 0. The van der Waals surface area contributed by atoms with Gasteiger partial charge in [0.2, 0.25) is 5.91 Å². The Morgan fingerprint density at radius 3 is 2.86 bits per heavy atom. The number of halogens is 2. The predicted molar refractivity (Wildman–Crippen MR) is 77.8 cm³/mol. The number of amides is 1. The highest BCUT2D eigenvalue weighted by Crippen LogP contribution is 2.29. The van der Waals surface area contributed by atoms with E-state index in [1.807, 2.05) is 6.92 Å². The van der Waals surface area contributed by atoms with Crippen molar-refractivity contribution in [3.8, 4) is 0 Å². The number of likely N-dealkylation sites (tertiary alicyclic amines) is 1. The Morgan fingerprint density at radius 2 is 2.24 bits per heavy atom. The number of benzene rings is 1. The van der Waals surface area contributed by atoms with E-state index in [9.17, 15) is 13.6 Å². The second kappa shape index (κ2) is 6.98. The molecule has 0 radical (unpaired) electrons. The molecule has 0 aromatic heterocycles. The van der Waals surface area contributed by atoms with E-state index in [-0.39, 0.29) is 18.0 Å². The smallest absolute Gasteiger partial charge is 0.217 e. The Bertz CT molecular complexity index is 507. The number of hydrogen-bond donors (Lipinski definition) is 1. The fourth-order valence-electron chi connectivity index (χ4n) is 3.14. The lowest BCUT2D eigenvalue weighted by molar-refractivity contribution is -0.120. The van der Waals surface area contributed by atoms with Gasteiger partial charge >= 0.3 is 0 Å². The molecule has 5 heteroatoms. The zero-order valence-electron chi connectivity index (χ0n) is 12.5. The summed E-state index contributed by atoms with van der Waals surface area (Å²) in [6.45, 7) is 5.08. The van der Waals surface area contributed by atoms with Crippen molar-refractivity contribution in [1.82, 2.24) is 10.2 Å². The molecule has 2 atom stereocenters. The number of nitrogens with zero attached hydrogens (tertiary/aromatic N) is 1. The topological polar surface area (TPSA) is 32.3 Å². The van der Waals surface area contributed by atoms with Crippen molar-refractivity contribution in [3.05, 3.63) is 35.4 Å². The summed E-state index contributed by atoms with van der Waals surface area (Å²) >= 11 is 0. The van der Waals surface area contributed by atoms with E-state index in [0.29, 0.717) is 12.1 Å². The van der Waals surface area contributed by atoms with Crippen molar-refractivity contribution in [2.75, 3.05) is 13.1 Å². The van der Waals surface area contributed by atoms with Crippen LogP contribution in [0.2, 0.25) is 0 Å². The average Bonchev–Trinajstić information content (AvgIpc) is 2.41. The first-order chi connectivity index (χ1) is 10.0. The first-order valence-corrected chi connectivity index (χ1v) is 7.47. The Kier molecular flexibility index (Phi) is 5.28. The number of carbonyl (C=O) groups excluding carboxylic acids is 1. The summed E-state index contributed by atoms with van der Waals surface area (Å²) in [6.07, 6.45) is 2.65. The van der Waals surface area contributed by atoms with Crippen LogP contribution in [0, 0.1) is 11.6 Å². The molecular formula is C16H22F2N2O. The summed E-state index contributed by atoms with van der Waals surface area (Å²) in [6, 6.07) is 3.79. The highest BCUT2D eigenvalue weighted by Gasteiger charge is 2.27. The average molecular weight is 296 g/mol. The largest absolute Gasteiger partial charge is 0.352 e. The standard InChI is InChI=1S/C16H22F2N2O/c1-3-16(14-7-6-12(17)9-15(14)18)20-8-4-5-13(10-20)19-11(2)21/h6-7,9,13,16H,3-5,8,10H2,1-2H3,(H,19,21)/t13-,16-/m0/s1. The molecule has 1 fully saturated rings. The summed E-state index contributed by atoms with van der Waals surface area (Å²) in [5.74, 6) is -1.09. The molecule has 1 N–H and O–H groups in total. The van der Waals surface area contributed by atoms with Crippen LogP contribution < -0.4 is 5.32 Å². The van der Waals surface area contributed by atoms with Crippen LogP contribution >= 0.6 is 0 Å². The molecule has 1 heterocycles. The lowest BCUT2D eigenvalue weighted by atomic mass is 9.97. The van der Waals surface area contributed by atoms with Gasteiger partial charge in [-0.15, -0.1) is 0 Å². The molecular weight excluding hydrogens is 274 g/mol. The molecule has 21 heavy (non-hydrogen) atoms. The molecule has 116 valence electrons. The number of carbonyl (C=O) groups is 1. The molecule has 0 aliphatic carbocycles. The molecule has 0 saturated carbocycles. The van der Waals surface area contributed by atoms with Crippen LogP contribution in [0.3, 0.4) is 0 Å². The van der Waals surface area contributed by atoms with Gasteiger partial charge in [0.15, 0.2) is 0 Å². The molecule has 1 aromatic carbocycles. The summed E-state index contributed by atoms with van der Waals surface area (Å²) in [5.41, 5.74) is 0.530. The molecule has 0 spiro atoms. The minimum atomic E-state index is -0.555. The molecule has 3 nitrogen and oxygen atoms in total. The van der Waals surface area contributed by atoms with E-state index >= 15 is 0 Å². The minimum absolute atomic E-state index is 0.0390. The maximum absolute atomic E-state index is 14.0. The Hall–Kier alpha value is -1.49. The molecule has 1 amide bonds. The second-order valence-corrected chi connectivity index (χ2v) is 5.62. The van der Waals surface area contributed by atoms with E-state index in [4.69, 9.17) is 0 Å². The van der Waals surface area contributed by atoms with Gasteiger partial charge in [-0.1, -0.05) is 13.0 Å². The van der Waals surface area contributed by atoms with Gasteiger partial charge in [0.05, 0.1) is 0 Å². The SMILES string of the molecule is CC[C@@H](c1ccc(F)cc1F)N1CCC[C@H](NC(C)=O)C1. The normalized spacial score (nSPS) is 21.0. The van der Waals surface area contributed by atoms with Crippen molar-refractivity contribution in [3.63, 3.8) is 0 Å². The third kappa shape index (κ3) is 4.00. The van der Waals surface area contributed by atoms with Gasteiger partial charge < -0.3 is 5.32 Å². The predicted octanol–water partition coefficient (Wildman–Crippen LogP) is 3.02. The lowest BCUT2D eigenvalue weighted by Crippen LogP contribution is -2.48. The zero-order valence-corrected chi connectivity index (χ0v) is 12.5. The van der Waals surface area contributed by atoms with E-state index < -0.39 is 11.6 Å². The Balaban J connectivity index is 2.14. The second-order valence-electron chi connectivity index (χ2n) is 5.62. The molecule has 2 rings (SSSR count). The first kappa shape index (κ1) is 15.9. The first-order valence-electron chi connectivity index (χ1n) is 7.47. The minimum Gasteiger partial charge on any atom is -0.352 e. The number of rotatable bonds is 4. The van der Waals surface area contributed by atoms with Crippen molar-refractivity contribution in [2.45, 2.75) is 45.2 Å². The molecule has 1 aliphatic rings. The van der Waals surface area contributed by atoms with Gasteiger partial charge in [-0.25, -0.2) is 8.78 Å². The number of piperidine rings is 1. The van der Waals surface area contributed by atoms with Gasteiger partial charge in [-0.3, -0.25) is 9.69 Å². The van der Waals surface area contributed by atoms with Crippen LogP contribution in [0.25, 0.3) is 0 Å². The summed E-state index contributed by atoms with van der Waals surface area (Å²) < 4.78 is 27.1. The van der Waals surface area contributed by atoms with Crippen LogP contribution in [0.1, 0.15) is 44.7 Å². The van der Waals surface area contributed by atoms with Crippen LogP contribution in [0.5, 0.6) is 0 Å². The third-order valence-corrected chi connectivity index (χ3v) is 4.01. The molecule has 0 bridgehead atoms. The van der Waals surface area contributed by atoms with E-state index in [1.165, 1.54) is 19.1 Å². The van der Waals surface area contributed by atoms with Gasteiger partial charge in [0, 0.05) is 37.2 Å². The zero-order chi connectivity index (χ0) is 15.4. The van der Waals surface area contributed by atoms with Crippen LogP contribution in [-0.4, -0.2) is 29.9 Å². The highest BCUT2D eigenvalue weighted by atomic mass is 19.1. The quantitative estimate of drug-likeness (QED) is 0.926. The van der Waals surface area contributed by atoms with Gasteiger partial charge in [0.25, 0.3) is 0 Å². The summed E-state index contributed by atoms with van der Waals surface area (Å²) in [4.78, 5) is 13.4. The Morgan fingerprint density at radius 1 is 1.48 bits per heavy atom. The molecule has 0 unspecified atom stereocenters.